The molecule has 236 valence electrons. The number of nitrogens with one attached hydrogen (secondary N) is 1. The molecule has 0 aromatic carbocycles. The number of unbranched alkanes of at least 4 members (excludes halogenated alkanes) is 17. The number of allylic oxidation sites excluding steroid dienone is 3. The molecule has 3 unspecified atom stereocenters. The average molecular weight is 588 g/mol. The van der Waals surface area contributed by atoms with Gasteiger partial charge in [-0.05, 0) is 44.9 Å². The Bertz CT molecular complexity index is 753. The lowest BCUT2D eigenvalue weighted by molar-refractivity contribution is -0.130. The molecule has 0 aromatic heterocycles. The Labute approximate surface area is 246 Å². The molecular formula is C32H61NO6S. The second-order valence-corrected chi connectivity index (χ2v) is 12.7. The zero-order chi connectivity index (χ0) is 29.9. The molecule has 0 bridgehead atoms. The molecule has 8 heteroatoms. The van der Waals surface area contributed by atoms with Crippen molar-refractivity contribution in [3.63, 3.8) is 0 Å². The summed E-state index contributed by atoms with van der Waals surface area (Å²) in [6.45, 7) is 4.39. The topological polar surface area (TPSA) is 124 Å². The highest BCUT2D eigenvalue weighted by molar-refractivity contribution is 7.85. The van der Waals surface area contributed by atoms with Crippen molar-refractivity contribution in [1.29, 1.82) is 0 Å². The summed E-state index contributed by atoms with van der Waals surface area (Å²) in [5.74, 6) is -1.55. The van der Waals surface area contributed by atoms with E-state index in [9.17, 15) is 28.0 Å². The molecule has 0 rings (SSSR count). The van der Waals surface area contributed by atoms with E-state index in [1.54, 1.807) is 6.08 Å². The normalized spacial score (nSPS) is 14.6. The van der Waals surface area contributed by atoms with E-state index in [1.807, 2.05) is 0 Å². The summed E-state index contributed by atoms with van der Waals surface area (Å²) < 4.78 is 32.1. The minimum atomic E-state index is -4.42. The van der Waals surface area contributed by atoms with E-state index in [2.05, 4.69) is 31.3 Å². The molecule has 40 heavy (non-hydrogen) atoms. The van der Waals surface area contributed by atoms with Crippen molar-refractivity contribution in [2.45, 2.75) is 167 Å². The summed E-state index contributed by atoms with van der Waals surface area (Å²) in [4.78, 5) is 12.4. The van der Waals surface area contributed by atoms with Crippen molar-refractivity contribution in [2.75, 3.05) is 5.75 Å². The van der Waals surface area contributed by atoms with Gasteiger partial charge < -0.3 is 15.5 Å². The van der Waals surface area contributed by atoms with Crippen molar-refractivity contribution in [1.82, 2.24) is 5.32 Å². The predicted octanol–water partition coefficient (Wildman–Crippen LogP) is 7.43. The van der Waals surface area contributed by atoms with Gasteiger partial charge in [0.15, 0.2) is 0 Å². The van der Waals surface area contributed by atoms with Crippen LogP contribution in [0.5, 0.6) is 0 Å². The highest BCUT2D eigenvalue weighted by atomic mass is 32.2. The van der Waals surface area contributed by atoms with Gasteiger partial charge in [-0.25, -0.2) is 0 Å². The monoisotopic (exact) mass is 587 g/mol. The first-order valence-corrected chi connectivity index (χ1v) is 17.8. The largest absolute Gasteiger partial charge is 0.387 e. The zero-order valence-electron chi connectivity index (χ0n) is 25.6. The maximum absolute atomic E-state index is 12.4. The second kappa shape index (κ2) is 26.7. The van der Waals surface area contributed by atoms with Crippen LogP contribution in [0.15, 0.2) is 24.3 Å². The molecule has 0 aromatic rings. The molecule has 0 saturated carbocycles. The van der Waals surface area contributed by atoms with Crippen LogP contribution in [0.2, 0.25) is 0 Å². The summed E-state index contributed by atoms with van der Waals surface area (Å²) in [7, 11) is -4.42. The number of carbonyl (C=O) groups is 1. The van der Waals surface area contributed by atoms with Gasteiger partial charge in [0.2, 0.25) is 5.91 Å². The van der Waals surface area contributed by atoms with E-state index in [-0.39, 0.29) is 6.42 Å². The molecule has 0 fully saturated rings. The lowest BCUT2D eigenvalue weighted by atomic mass is 10.0. The molecule has 0 saturated heterocycles. The van der Waals surface area contributed by atoms with Crippen molar-refractivity contribution in [3.05, 3.63) is 24.3 Å². The molecule has 7 nitrogen and oxygen atoms in total. The maximum Gasteiger partial charge on any atom is 0.267 e. The van der Waals surface area contributed by atoms with Crippen LogP contribution in [0.1, 0.15) is 149 Å². The van der Waals surface area contributed by atoms with Crippen molar-refractivity contribution in [2.24, 2.45) is 0 Å². The van der Waals surface area contributed by atoms with Gasteiger partial charge in [0, 0.05) is 0 Å². The van der Waals surface area contributed by atoms with Crippen molar-refractivity contribution in [3.8, 4) is 0 Å². The molecule has 4 N–H and O–H groups in total. The smallest absolute Gasteiger partial charge is 0.267 e. The number of rotatable bonds is 28. The molecule has 0 aliphatic carbocycles. The zero-order valence-corrected chi connectivity index (χ0v) is 26.4. The SMILES string of the molecule is CCCCCCC/C=C/C(O)C(CS(=O)(=O)O)NC(=O)C(O)CCCCCCCC/C=C\CCCCCCCC. The van der Waals surface area contributed by atoms with Crippen LogP contribution in [-0.2, 0) is 14.9 Å². The first-order valence-electron chi connectivity index (χ1n) is 16.1. The Morgan fingerprint density at radius 3 is 1.57 bits per heavy atom. The van der Waals surface area contributed by atoms with E-state index < -0.39 is 40.0 Å². The number of aliphatic hydroxyl groups is 2. The van der Waals surface area contributed by atoms with Crippen LogP contribution in [0.3, 0.4) is 0 Å². The summed E-state index contributed by atoms with van der Waals surface area (Å²) in [5, 5.41) is 23.1. The first kappa shape index (κ1) is 38.8. The Kier molecular flexibility index (Phi) is 25.9. The van der Waals surface area contributed by atoms with Gasteiger partial charge in [-0.3, -0.25) is 9.35 Å². The van der Waals surface area contributed by atoms with Crippen LogP contribution in [0.4, 0.5) is 0 Å². The van der Waals surface area contributed by atoms with Crippen LogP contribution < -0.4 is 5.32 Å². The minimum absolute atomic E-state index is 0.273. The standard InChI is InChI=1S/C32H61NO6S/c1-3-5-7-9-11-12-13-14-15-16-17-18-19-21-23-25-27-31(35)32(36)33-29(28-40(37,38)39)30(34)26-24-22-20-10-8-6-4-2/h14-15,24,26,29-31,34-35H,3-13,16-23,25,27-28H2,1-2H3,(H,33,36)(H,37,38,39)/b15-14-,26-24+. The van der Waals surface area contributed by atoms with Gasteiger partial charge in [-0.2, -0.15) is 8.42 Å². The van der Waals surface area contributed by atoms with Gasteiger partial charge in [0.25, 0.3) is 10.1 Å². The van der Waals surface area contributed by atoms with E-state index in [1.165, 1.54) is 70.3 Å². The molecule has 0 spiro atoms. The lowest BCUT2D eigenvalue weighted by Crippen LogP contribution is -2.50. The van der Waals surface area contributed by atoms with Gasteiger partial charge in [-0.15, -0.1) is 0 Å². The number of aliphatic hydroxyl groups excluding tert-OH is 2. The van der Waals surface area contributed by atoms with Gasteiger partial charge >= 0.3 is 0 Å². The second-order valence-electron chi connectivity index (χ2n) is 11.2. The fraction of sp³-hybridized carbons (Fsp3) is 0.844. The number of amides is 1. The van der Waals surface area contributed by atoms with Gasteiger partial charge in [0.1, 0.15) is 6.10 Å². The predicted molar refractivity (Wildman–Crippen MR) is 167 cm³/mol. The number of hydrogen-bond donors (Lipinski definition) is 4. The Morgan fingerprint density at radius 2 is 1.10 bits per heavy atom. The molecule has 0 aliphatic heterocycles. The summed E-state index contributed by atoms with van der Waals surface area (Å²) in [5.41, 5.74) is 0. The van der Waals surface area contributed by atoms with E-state index in [4.69, 9.17) is 0 Å². The molecule has 0 aliphatic rings. The Hall–Kier alpha value is -1.22. The van der Waals surface area contributed by atoms with Crippen molar-refractivity contribution >= 4 is 16.0 Å². The number of carbonyl (C=O) groups excluding carboxylic acids is 1. The molecule has 1 amide bonds. The Morgan fingerprint density at radius 1 is 0.675 bits per heavy atom. The summed E-state index contributed by atoms with van der Waals surface area (Å²) in [6, 6.07) is -1.23. The molecule has 0 radical (unpaired) electrons. The Balaban J connectivity index is 4.10. The van der Waals surface area contributed by atoms with Crippen molar-refractivity contribution < 1.29 is 28.0 Å². The van der Waals surface area contributed by atoms with Crippen LogP contribution in [0.25, 0.3) is 0 Å². The van der Waals surface area contributed by atoms with Gasteiger partial charge in [0.05, 0.1) is 17.9 Å². The van der Waals surface area contributed by atoms with E-state index >= 15 is 0 Å². The van der Waals surface area contributed by atoms with Gasteiger partial charge in [-0.1, -0.05) is 128 Å². The minimum Gasteiger partial charge on any atom is -0.387 e. The van der Waals surface area contributed by atoms with Crippen LogP contribution >= 0.6 is 0 Å². The van der Waals surface area contributed by atoms with E-state index in [0.29, 0.717) is 6.42 Å². The first-order chi connectivity index (χ1) is 19.2. The molecule has 0 heterocycles. The molecule has 3 atom stereocenters. The quantitative estimate of drug-likeness (QED) is 0.0429. The maximum atomic E-state index is 12.4. The summed E-state index contributed by atoms with van der Waals surface area (Å²) >= 11 is 0. The fourth-order valence-corrected chi connectivity index (χ4v) is 5.42. The number of hydrogen-bond acceptors (Lipinski definition) is 5. The third-order valence-electron chi connectivity index (χ3n) is 7.23. The highest BCUT2D eigenvalue weighted by Crippen LogP contribution is 2.12. The summed E-state index contributed by atoms with van der Waals surface area (Å²) in [6.07, 6.45) is 28.3. The average Bonchev–Trinajstić information content (AvgIpc) is 2.90. The third kappa shape index (κ3) is 25.7. The van der Waals surface area contributed by atoms with E-state index in [0.717, 1.165) is 57.8 Å². The van der Waals surface area contributed by atoms with Crippen LogP contribution in [0, 0.1) is 0 Å². The van der Waals surface area contributed by atoms with Crippen LogP contribution in [-0.4, -0.2) is 53.1 Å². The lowest BCUT2D eigenvalue weighted by Gasteiger charge is -2.22. The highest BCUT2D eigenvalue weighted by Gasteiger charge is 2.27. The third-order valence-corrected chi connectivity index (χ3v) is 8.01. The fourth-order valence-electron chi connectivity index (χ4n) is 4.68. The molecular weight excluding hydrogens is 526 g/mol.